The quantitative estimate of drug-likeness (QED) is 0.134. The van der Waals surface area contributed by atoms with Gasteiger partial charge in [-0.15, -0.1) is 0 Å². The Labute approximate surface area is 172 Å². The summed E-state index contributed by atoms with van der Waals surface area (Å²) in [5.41, 5.74) is 0. The highest BCUT2D eigenvalue weighted by Gasteiger charge is 1.95. The van der Waals surface area contributed by atoms with Crippen LogP contribution in [0.3, 0.4) is 0 Å². The number of ether oxygens (including phenoxy) is 1. The van der Waals surface area contributed by atoms with Crippen LogP contribution in [0.25, 0.3) is 0 Å². The van der Waals surface area contributed by atoms with E-state index in [4.69, 9.17) is 4.74 Å². The third kappa shape index (κ3) is 25.5. The van der Waals surface area contributed by atoms with Gasteiger partial charge in [-0.3, -0.25) is 0 Å². The number of allylic oxidation sites excluding steroid dienone is 1. The zero-order valence-electron chi connectivity index (χ0n) is 19.3. The summed E-state index contributed by atoms with van der Waals surface area (Å²) in [6, 6.07) is 0. The SMILES string of the molecule is CCCCCCCCCCCCCCCCCCOC=CCCCC(C)C. The lowest BCUT2D eigenvalue weighted by molar-refractivity contribution is 0.239. The molecule has 1 nitrogen and oxygen atoms in total. The molecule has 0 aliphatic carbocycles. The van der Waals surface area contributed by atoms with E-state index in [9.17, 15) is 0 Å². The van der Waals surface area contributed by atoms with Gasteiger partial charge in [0, 0.05) is 0 Å². The fourth-order valence-corrected chi connectivity index (χ4v) is 3.58. The first-order valence-corrected chi connectivity index (χ1v) is 12.5. The summed E-state index contributed by atoms with van der Waals surface area (Å²) in [7, 11) is 0. The van der Waals surface area contributed by atoms with Crippen LogP contribution < -0.4 is 0 Å². The van der Waals surface area contributed by atoms with Gasteiger partial charge in [-0.1, -0.05) is 124 Å². The molecule has 162 valence electrons. The summed E-state index contributed by atoms with van der Waals surface area (Å²) in [5, 5.41) is 0. The van der Waals surface area contributed by atoms with E-state index in [0.717, 1.165) is 18.9 Å². The molecule has 0 heterocycles. The molecular weight excluding hydrogens is 328 g/mol. The van der Waals surface area contributed by atoms with Crippen LogP contribution in [0.1, 0.15) is 143 Å². The predicted octanol–water partition coefficient (Wildman–Crippen LogP) is 9.60. The second-order valence-electron chi connectivity index (χ2n) is 8.87. The van der Waals surface area contributed by atoms with Crippen LogP contribution in [0, 0.1) is 5.92 Å². The zero-order valence-corrected chi connectivity index (χ0v) is 19.3. The average molecular weight is 381 g/mol. The van der Waals surface area contributed by atoms with Crippen molar-refractivity contribution in [1.29, 1.82) is 0 Å². The Hall–Kier alpha value is -0.460. The molecule has 0 rings (SSSR count). The molecule has 0 amide bonds. The summed E-state index contributed by atoms with van der Waals surface area (Å²) >= 11 is 0. The Bertz CT molecular complexity index is 282. The molecule has 0 N–H and O–H groups in total. The van der Waals surface area contributed by atoms with E-state index in [1.165, 1.54) is 116 Å². The van der Waals surface area contributed by atoms with Gasteiger partial charge in [-0.2, -0.15) is 0 Å². The van der Waals surface area contributed by atoms with Crippen LogP contribution >= 0.6 is 0 Å². The fourth-order valence-electron chi connectivity index (χ4n) is 3.58. The molecule has 0 aliphatic rings. The minimum Gasteiger partial charge on any atom is -0.502 e. The maximum Gasteiger partial charge on any atom is 0.0873 e. The number of unbranched alkanes of at least 4 members (excludes halogenated alkanes) is 16. The van der Waals surface area contributed by atoms with E-state index >= 15 is 0 Å². The third-order valence-corrected chi connectivity index (χ3v) is 5.46. The Balaban J connectivity index is 3.04. The van der Waals surface area contributed by atoms with Gasteiger partial charge < -0.3 is 4.74 Å². The first kappa shape index (κ1) is 26.5. The maximum atomic E-state index is 5.58. The summed E-state index contributed by atoms with van der Waals surface area (Å²) in [4.78, 5) is 0. The van der Waals surface area contributed by atoms with Crippen molar-refractivity contribution in [3.05, 3.63) is 12.3 Å². The summed E-state index contributed by atoms with van der Waals surface area (Å²) in [6.45, 7) is 7.78. The molecule has 0 aromatic rings. The van der Waals surface area contributed by atoms with Crippen molar-refractivity contribution < 1.29 is 4.74 Å². The van der Waals surface area contributed by atoms with E-state index in [1.807, 2.05) is 6.26 Å². The van der Waals surface area contributed by atoms with Gasteiger partial charge in [0.15, 0.2) is 0 Å². The molecule has 27 heavy (non-hydrogen) atoms. The van der Waals surface area contributed by atoms with Crippen LogP contribution in [-0.2, 0) is 4.74 Å². The second kappa shape index (κ2) is 23.6. The van der Waals surface area contributed by atoms with Gasteiger partial charge in [0.1, 0.15) is 0 Å². The molecule has 0 aliphatic heterocycles. The van der Waals surface area contributed by atoms with Gasteiger partial charge in [-0.25, -0.2) is 0 Å². The molecule has 0 bridgehead atoms. The average Bonchev–Trinajstić information content (AvgIpc) is 2.65. The minimum atomic E-state index is 0.824. The summed E-state index contributed by atoms with van der Waals surface area (Å²) in [5.74, 6) is 0.824. The first-order valence-electron chi connectivity index (χ1n) is 12.5. The standard InChI is InChI=1S/C26H52O/c1-4-5-6-7-8-9-10-11-12-13-14-15-16-17-18-21-24-27-25-22-19-20-23-26(2)3/h22,25-26H,4-21,23-24H2,1-3H3. The molecule has 0 atom stereocenters. The highest BCUT2D eigenvalue weighted by molar-refractivity contribution is 4.73. The molecule has 0 aromatic carbocycles. The van der Waals surface area contributed by atoms with Crippen LogP contribution in [0.5, 0.6) is 0 Å². The molecule has 0 radical (unpaired) electrons. The van der Waals surface area contributed by atoms with Crippen LogP contribution in [0.2, 0.25) is 0 Å². The largest absolute Gasteiger partial charge is 0.502 e. The highest BCUT2D eigenvalue weighted by Crippen LogP contribution is 2.13. The van der Waals surface area contributed by atoms with E-state index in [1.54, 1.807) is 0 Å². The predicted molar refractivity (Wildman–Crippen MR) is 123 cm³/mol. The van der Waals surface area contributed by atoms with Crippen molar-refractivity contribution in [1.82, 2.24) is 0 Å². The summed E-state index contributed by atoms with van der Waals surface area (Å²) < 4.78 is 5.58. The van der Waals surface area contributed by atoms with Gasteiger partial charge >= 0.3 is 0 Å². The molecule has 0 spiro atoms. The molecule has 1 heteroatoms. The monoisotopic (exact) mass is 380 g/mol. The molecular formula is C26H52O. The molecule has 0 saturated heterocycles. The Morgan fingerprint density at radius 1 is 0.593 bits per heavy atom. The topological polar surface area (TPSA) is 9.23 Å². The maximum absolute atomic E-state index is 5.58. The van der Waals surface area contributed by atoms with Gasteiger partial charge in [0.2, 0.25) is 0 Å². The lowest BCUT2D eigenvalue weighted by atomic mass is 10.0. The van der Waals surface area contributed by atoms with Crippen molar-refractivity contribution in [2.75, 3.05) is 6.61 Å². The van der Waals surface area contributed by atoms with Gasteiger partial charge in [0.05, 0.1) is 12.9 Å². The molecule has 0 saturated carbocycles. The van der Waals surface area contributed by atoms with Crippen molar-refractivity contribution in [3.8, 4) is 0 Å². The Morgan fingerprint density at radius 2 is 1.04 bits per heavy atom. The smallest absolute Gasteiger partial charge is 0.0873 e. The highest BCUT2D eigenvalue weighted by atomic mass is 16.5. The minimum absolute atomic E-state index is 0.824. The Morgan fingerprint density at radius 3 is 1.48 bits per heavy atom. The Kier molecular flexibility index (Phi) is 23.2. The molecule has 0 fully saturated rings. The van der Waals surface area contributed by atoms with Crippen LogP contribution in [-0.4, -0.2) is 6.61 Å². The number of rotatable bonds is 22. The van der Waals surface area contributed by atoms with Crippen LogP contribution in [0.15, 0.2) is 12.3 Å². The van der Waals surface area contributed by atoms with Crippen molar-refractivity contribution in [2.45, 2.75) is 143 Å². The third-order valence-electron chi connectivity index (χ3n) is 5.46. The zero-order chi connectivity index (χ0) is 19.8. The second-order valence-corrected chi connectivity index (χ2v) is 8.87. The molecule has 0 aromatic heterocycles. The fraction of sp³-hybridized carbons (Fsp3) is 0.923. The van der Waals surface area contributed by atoms with Crippen molar-refractivity contribution >= 4 is 0 Å². The van der Waals surface area contributed by atoms with E-state index in [0.29, 0.717) is 0 Å². The van der Waals surface area contributed by atoms with E-state index in [-0.39, 0.29) is 0 Å². The van der Waals surface area contributed by atoms with Crippen LogP contribution in [0.4, 0.5) is 0 Å². The van der Waals surface area contributed by atoms with Crippen molar-refractivity contribution in [3.63, 3.8) is 0 Å². The van der Waals surface area contributed by atoms with Gasteiger partial charge in [0.25, 0.3) is 0 Å². The number of hydrogen-bond acceptors (Lipinski definition) is 1. The first-order chi connectivity index (χ1) is 13.3. The lowest BCUT2D eigenvalue weighted by Gasteiger charge is -2.04. The van der Waals surface area contributed by atoms with E-state index < -0.39 is 0 Å². The van der Waals surface area contributed by atoms with E-state index in [2.05, 4.69) is 26.8 Å². The normalized spacial score (nSPS) is 11.7. The number of hydrogen-bond donors (Lipinski definition) is 0. The van der Waals surface area contributed by atoms with Gasteiger partial charge in [-0.05, 0) is 31.3 Å². The summed E-state index contributed by atoms with van der Waals surface area (Å²) in [6.07, 6.45) is 30.7. The van der Waals surface area contributed by atoms with Crippen molar-refractivity contribution in [2.24, 2.45) is 5.92 Å². The molecule has 0 unspecified atom stereocenters. The lowest BCUT2D eigenvalue weighted by Crippen LogP contribution is -1.89.